The van der Waals surface area contributed by atoms with Crippen LogP contribution in [0.5, 0.6) is 0 Å². The zero-order chi connectivity index (χ0) is 45.3. The van der Waals surface area contributed by atoms with E-state index in [4.69, 9.17) is 0 Å². The molecule has 0 aromatic heterocycles. The molecule has 16 aliphatic rings. The summed E-state index contributed by atoms with van der Waals surface area (Å²) < 4.78 is 0. The van der Waals surface area contributed by atoms with Crippen molar-refractivity contribution in [3.05, 3.63) is 346 Å². The number of benzene rings is 1. The highest BCUT2D eigenvalue weighted by atomic mass is 14.5. The third kappa shape index (κ3) is 5.01. The van der Waals surface area contributed by atoms with Gasteiger partial charge in [-0.1, -0.05) is 201 Å². The molecule has 17 rings (SSSR count). The van der Waals surface area contributed by atoms with Gasteiger partial charge in [-0.05, 0) is 182 Å². The molecule has 326 valence electrons. The van der Waals surface area contributed by atoms with E-state index in [9.17, 15) is 0 Å². The Balaban J connectivity index is 0.950. The molecule has 0 radical (unpaired) electrons. The van der Waals surface area contributed by atoms with E-state index in [0.717, 1.165) is 19.3 Å². The molecule has 1 aromatic rings. The van der Waals surface area contributed by atoms with Gasteiger partial charge in [-0.15, -0.1) is 0 Å². The maximum Gasteiger partial charge on any atom is 0.0354 e. The zero-order valence-corrected chi connectivity index (χ0v) is 38.7. The van der Waals surface area contributed by atoms with Crippen molar-refractivity contribution >= 4 is 16.7 Å². The molecule has 0 aliphatic heterocycles. The topological polar surface area (TPSA) is 0 Å². The molecule has 0 heteroatoms. The van der Waals surface area contributed by atoms with Crippen molar-refractivity contribution in [1.29, 1.82) is 0 Å². The molecule has 0 saturated carbocycles. The molecule has 5 atom stereocenters. The Labute approximate surface area is 409 Å². The van der Waals surface area contributed by atoms with E-state index in [-0.39, 0.29) is 29.6 Å². The summed E-state index contributed by atoms with van der Waals surface area (Å²) in [6, 6.07) is 5.36. The summed E-state index contributed by atoms with van der Waals surface area (Å²) in [6.07, 6.45) is 82.0. The Bertz CT molecular complexity index is 3890. The molecular formula is C70H46. The fraction of sp³-hybridized carbons (Fsp3) is 0.114. The van der Waals surface area contributed by atoms with E-state index < -0.39 is 0 Å². The summed E-state index contributed by atoms with van der Waals surface area (Å²) in [4.78, 5) is 0. The SMILES string of the molecule is C1=CC2=CC=C3C4=C(C=CC(=C1)C24)C=CC3c1cc(C2=CC=C3C=CC4=C5C(=CC=C2C35)CC=C4)c(C2=C3C=CC4=C5C(=CC=C(C=C2)C35)CC=C4)cc1C1=CCC2=CC=C3C=CC=C4C=CC1=C2C43. The molecule has 0 fully saturated rings. The molecule has 16 aliphatic carbocycles. The highest BCUT2D eigenvalue weighted by molar-refractivity contribution is 5.99. The van der Waals surface area contributed by atoms with Crippen LogP contribution in [0.2, 0.25) is 0 Å². The highest BCUT2D eigenvalue weighted by Gasteiger charge is 2.42. The standard InChI is InChI=1S/C70H46/c1-5-39-13-17-47-21-29-51(55-33-25-43(9-1)63(39)67(47)55)59-37-61(53-31-23-49-19-15-41-7-3-11-45-27-35-57(53)69(49)65(41)45)62(54-32-24-50-20-16-42-8-4-12-46-28-36-58(54)70(50)66(42)46)38-60(59)52-30-22-48-18-14-40-6-2-10-44-26-34-56(52)68(48)64(40)44/h1-7,9-10,12-21,23-38,51,63-64,69-70H,8,11,22H2. The van der Waals surface area contributed by atoms with Crippen LogP contribution >= 0.6 is 0 Å². The Morgan fingerprint density at radius 3 is 1.71 bits per heavy atom. The molecule has 0 N–H and O–H groups in total. The van der Waals surface area contributed by atoms with Crippen molar-refractivity contribution < 1.29 is 0 Å². The minimum Gasteiger partial charge on any atom is -0.0795 e. The fourth-order valence-electron chi connectivity index (χ4n) is 14.9. The molecule has 5 unspecified atom stereocenters. The number of rotatable bonds is 4. The van der Waals surface area contributed by atoms with E-state index >= 15 is 0 Å². The van der Waals surface area contributed by atoms with Crippen molar-refractivity contribution in [3.63, 3.8) is 0 Å². The molecule has 0 saturated heterocycles. The molecule has 1 aromatic carbocycles. The zero-order valence-electron chi connectivity index (χ0n) is 38.7. The summed E-state index contributed by atoms with van der Waals surface area (Å²) in [7, 11) is 0. The first-order chi connectivity index (χ1) is 34.7. The average Bonchev–Trinajstić information content (AvgIpc) is 3.42. The molecule has 0 amide bonds. The van der Waals surface area contributed by atoms with E-state index in [2.05, 4.69) is 213 Å². The number of hydrogen-bond acceptors (Lipinski definition) is 0. The molecule has 0 bridgehead atoms. The van der Waals surface area contributed by atoms with Crippen molar-refractivity contribution in [2.75, 3.05) is 0 Å². The van der Waals surface area contributed by atoms with Crippen LogP contribution < -0.4 is 0 Å². The van der Waals surface area contributed by atoms with E-state index in [1.807, 2.05) is 0 Å². The Hall–Kier alpha value is -8.06. The second-order valence-electron chi connectivity index (χ2n) is 21.2. The third-order valence-electron chi connectivity index (χ3n) is 18.0. The smallest absolute Gasteiger partial charge is 0.0354 e. The first-order valence-electron chi connectivity index (χ1n) is 25.6. The second kappa shape index (κ2) is 13.8. The van der Waals surface area contributed by atoms with Crippen LogP contribution in [0.25, 0.3) is 16.7 Å². The van der Waals surface area contributed by atoms with Crippen LogP contribution in [0.1, 0.15) is 47.4 Å². The molecule has 70 heavy (non-hydrogen) atoms. The van der Waals surface area contributed by atoms with Crippen molar-refractivity contribution in [2.45, 2.75) is 25.2 Å². The van der Waals surface area contributed by atoms with Gasteiger partial charge < -0.3 is 0 Å². The van der Waals surface area contributed by atoms with Crippen LogP contribution in [0.3, 0.4) is 0 Å². The molecular weight excluding hydrogens is 841 g/mol. The summed E-state index contributed by atoms with van der Waals surface area (Å²) in [6.45, 7) is 0. The predicted molar refractivity (Wildman–Crippen MR) is 288 cm³/mol. The summed E-state index contributed by atoms with van der Waals surface area (Å²) >= 11 is 0. The van der Waals surface area contributed by atoms with E-state index in [0.29, 0.717) is 0 Å². The maximum absolute atomic E-state index is 2.69. The molecule has 0 spiro atoms. The first kappa shape index (κ1) is 37.9. The van der Waals surface area contributed by atoms with Gasteiger partial charge in [-0.3, -0.25) is 0 Å². The summed E-state index contributed by atoms with van der Waals surface area (Å²) in [5, 5.41) is 0. The van der Waals surface area contributed by atoms with Crippen LogP contribution in [-0.4, -0.2) is 0 Å². The van der Waals surface area contributed by atoms with Gasteiger partial charge in [0.1, 0.15) is 0 Å². The normalized spacial score (nSPS) is 29.4. The first-order valence-corrected chi connectivity index (χ1v) is 25.6. The van der Waals surface area contributed by atoms with Gasteiger partial charge in [0.2, 0.25) is 0 Å². The average molecular weight is 887 g/mol. The van der Waals surface area contributed by atoms with Crippen molar-refractivity contribution in [3.8, 4) is 0 Å². The van der Waals surface area contributed by atoms with Gasteiger partial charge in [0.25, 0.3) is 0 Å². The Morgan fingerprint density at radius 1 is 0.343 bits per heavy atom. The van der Waals surface area contributed by atoms with Crippen LogP contribution in [0.15, 0.2) is 324 Å². The van der Waals surface area contributed by atoms with Gasteiger partial charge in [0, 0.05) is 29.6 Å². The van der Waals surface area contributed by atoms with Crippen LogP contribution in [0, 0.1) is 23.7 Å². The number of allylic oxidation sites excluding steroid dienone is 56. The maximum atomic E-state index is 2.69. The van der Waals surface area contributed by atoms with Crippen molar-refractivity contribution in [2.24, 2.45) is 23.7 Å². The van der Waals surface area contributed by atoms with Crippen LogP contribution in [0.4, 0.5) is 0 Å². The largest absolute Gasteiger partial charge is 0.0795 e. The minimum absolute atomic E-state index is 0.0536. The Morgan fingerprint density at radius 2 is 0.929 bits per heavy atom. The Kier molecular flexibility index (Phi) is 7.47. The monoisotopic (exact) mass is 886 g/mol. The van der Waals surface area contributed by atoms with Gasteiger partial charge >= 0.3 is 0 Å². The lowest BCUT2D eigenvalue weighted by Gasteiger charge is -2.41. The summed E-state index contributed by atoms with van der Waals surface area (Å²) in [5.74, 6) is 1.02. The van der Waals surface area contributed by atoms with Gasteiger partial charge in [-0.2, -0.15) is 0 Å². The quantitative estimate of drug-likeness (QED) is 0.283. The lowest BCUT2D eigenvalue weighted by Crippen LogP contribution is -2.25. The molecule has 0 heterocycles. The lowest BCUT2D eigenvalue weighted by molar-refractivity contribution is 0.801. The van der Waals surface area contributed by atoms with Crippen molar-refractivity contribution in [1.82, 2.24) is 0 Å². The highest BCUT2D eigenvalue weighted by Crippen LogP contribution is 2.58. The lowest BCUT2D eigenvalue weighted by atomic mass is 9.63. The second-order valence-corrected chi connectivity index (χ2v) is 21.2. The predicted octanol–water partition coefficient (Wildman–Crippen LogP) is 16.1. The van der Waals surface area contributed by atoms with E-state index in [1.54, 1.807) is 0 Å². The van der Waals surface area contributed by atoms with Crippen LogP contribution in [-0.2, 0) is 0 Å². The minimum atomic E-state index is 0.0536. The van der Waals surface area contributed by atoms with Gasteiger partial charge in [-0.25, -0.2) is 0 Å². The van der Waals surface area contributed by atoms with Gasteiger partial charge in [0.05, 0.1) is 0 Å². The summed E-state index contributed by atoms with van der Waals surface area (Å²) in [5.41, 5.74) is 37.8. The number of hydrogen-bond donors (Lipinski definition) is 0. The third-order valence-corrected chi connectivity index (χ3v) is 18.0. The molecule has 0 nitrogen and oxygen atoms in total. The fourth-order valence-corrected chi connectivity index (χ4v) is 14.9. The van der Waals surface area contributed by atoms with E-state index in [1.165, 1.54) is 150 Å². The van der Waals surface area contributed by atoms with Gasteiger partial charge in [0.15, 0.2) is 0 Å².